The van der Waals surface area contributed by atoms with Crippen LogP contribution in [0.2, 0.25) is 0 Å². The molecule has 4 heteroatoms. The van der Waals surface area contributed by atoms with Crippen LogP contribution in [0.4, 0.5) is 0 Å². The fourth-order valence-electron chi connectivity index (χ4n) is 10.5. The Morgan fingerprint density at radius 2 is 1.91 bits per heavy atom. The summed E-state index contributed by atoms with van der Waals surface area (Å²) in [6.07, 6.45) is 12.9. The maximum Gasteiger partial charge on any atom is 0.221 e. The highest BCUT2D eigenvalue weighted by molar-refractivity contribution is 5.74. The highest BCUT2D eigenvalue weighted by Gasteiger charge is 2.69. The van der Waals surface area contributed by atoms with Crippen LogP contribution in [0.15, 0.2) is 11.6 Å². The van der Waals surface area contributed by atoms with E-state index < -0.39 is 0 Å². The van der Waals surface area contributed by atoms with Gasteiger partial charge in [-0.05, 0) is 98.2 Å². The van der Waals surface area contributed by atoms with Crippen LogP contribution in [0.1, 0.15) is 92.4 Å². The van der Waals surface area contributed by atoms with Crippen LogP contribution in [0, 0.1) is 46.3 Å². The number of rotatable bonds is 0. The molecule has 33 heavy (non-hydrogen) atoms. The van der Waals surface area contributed by atoms with Crippen molar-refractivity contribution in [3.63, 3.8) is 0 Å². The zero-order chi connectivity index (χ0) is 23.3. The zero-order valence-electron chi connectivity index (χ0n) is 21.5. The first-order valence-corrected chi connectivity index (χ1v) is 13.9. The standard InChI is InChI=1S/C29H45NO3/c1-17-8-13-29(30(16-17)19(3)31)18(2)26-25(33-29)15-24-22-7-6-20-14-21(32)9-11-27(20,4)23(22)10-12-28(24,26)5/h6,17-18,21-26,32H,7-16H2,1-5H3/t17-,18-,21-,22+,23-,24-,25-,26-,27+,28+,29-/m1/s1. The lowest BCUT2D eigenvalue weighted by Gasteiger charge is -2.59. The minimum atomic E-state index is -0.371. The van der Waals surface area contributed by atoms with Crippen LogP contribution in [-0.4, -0.2) is 40.4 Å². The van der Waals surface area contributed by atoms with Gasteiger partial charge in [0.05, 0.1) is 12.2 Å². The van der Waals surface area contributed by atoms with Crippen LogP contribution in [-0.2, 0) is 9.53 Å². The third kappa shape index (κ3) is 2.92. The quantitative estimate of drug-likeness (QED) is 0.488. The third-order valence-electron chi connectivity index (χ3n) is 12.1. The van der Waals surface area contributed by atoms with Crippen molar-refractivity contribution in [1.29, 1.82) is 0 Å². The molecule has 184 valence electrons. The summed E-state index contributed by atoms with van der Waals surface area (Å²) in [5.74, 6) is 3.95. The van der Waals surface area contributed by atoms with Gasteiger partial charge in [0.2, 0.25) is 5.91 Å². The molecule has 0 aromatic rings. The lowest BCUT2D eigenvalue weighted by atomic mass is 9.47. The second kappa shape index (κ2) is 7.32. The summed E-state index contributed by atoms with van der Waals surface area (Å²) in [5, 5.41) is 10.3. The van der Waals surface area contributed by atoms with Crippen molar-refractivity contribution in [2.45, 2.75) is 110 Å². The Morgan fingerprint density at radius 1 is 1.12 bits per heavy atom. The largest absolute Gasteiger partial charge is 0.393 e. The highest BCUT2D eigenvalue weighted by Crippen LogP contribution is 2.70. The van der Waals surface area contributed by atoms with Crippen molar-refractivity contribution in [3.8, 4) is 0 Å². The fourth-order valence-corrected chi connectivity index (χ4v) is 10.5. The number of ether oxygens (including phenoxy) is 1. The van der Waals surface area contributed by atoms with Gasteiger partial charge in [-0.15, -0.1) is 0 Å². The Morgan fingerprint density at radius 3 is 2.67 bits per heavy atom. The molecule has 4 aliphatic carbocycles. The average molecular weight is 456 g/mol. The van der Waals surface area contributed by atoms with Crippen molar-refractivity contribution in [1.82, 2.24) is 4.90 Å². The second-order valence-electron chi connectivity index (χ2n) is 13.5. The number of nitrogens with zero attached hydrogens (tertiary/aromatic N) is 1. The average Bonchev–Trinajstić information content (AvgIpc) is 3.21. The molecule has 0 unspecified atom stereocenters. The molecule has 1 spiro atoms. The zero-order valence-corrected chi connectivity index (χ0v) is 21.5. The lowest BCUT2D eigenvalue weighted by molar-refractivity contribution is -0.200. The van der Waals surface area contributed by atoms with Gasteiger partial charge < -0.3 is 14.7 Å². The van der Waals surface area contributed by atoms with Gasteiger partial charge in [0.15, 0.2) is 0 Å². The smallest absolute Gasteiger partial charge is 0.221 e. The molecular weight excluding hydrogens is 410 g/mol. The first kappa shape index (κ1) is 22.6. The monoisotopic (exact) mass is 455 g/mol. The van der Waals surface area contributed by atoms with E-state index in [0.717, 1.165) is 56.4 Å². The van der Waals surface area contributed by atoms with Crippen LogP contribution < -0.4 is 0 Å². The predicted octanol–water partition coefficient (Wildman–Crippen LogP) is 5.55. The molecule has 0 bridgehead atoms. The fraction of sp³-hybridized carbons (Fsp3) is 0.897. The normalized spacial score (nSPS) is 55.5. The predicted molar refractivity (Wildman–Crippen MR) is 129 cm³/mol. The first-order chi connectivity index (χ1) is 15.6. The maximum absolute atomic E-state index is 12.7. The van der Waals surface area contributed by atoms with Gasteiger partial charge in [0, 0.05) is 19.4 Å². The summed E-state index contributed by atoms with van der Waals surface area (Å²) in [6.45, 7) is 12.4. The number of allylic oxidation sites excluding steroid dienone is 1. The van der Waals surface area contributed by atoms with Crippen molar-refractivity contribution in [3.05, 3.63) is 11.6 Å². The molecule has 2 heterocycles. The van der Waals surface area contributed by atoms with E-state index in [0.29, 0.717) is 34.7 Å². The van der Waals surface area contributed by atoms with Crippen LogP contribution >= 0.6 is 0 Å². The molecule has 2 saturated heterocycles. The van der Waals surface area contributed by atoms with Gasteiger partial charge in [-0.1, -0.05) is 39.3 Å². The maximum atomic E-state index is 12.7. The number of hydrogen-bond acceptors (Lipinski definition) is 3. The number of aliphatic hydroxyl groups excluding tert-OH is 1. The molecule has 1 amide bonds. The van der Waals surface area contributed by atoms with E-state index >= 15 is 0 Å². The number of fused-ring (bicyclic) bond motifs is 7. The van der Waals surface area contributed by atoms with E-state index in [-0.39, 0.29) is 17.7 Å². The molecule has 2 aliphatic heterocycles. The molecule has 6 rings (SSSR count). The van der Waals surface area contributed by atoms with E-state index in [1.165, 1.54) is 25.7 Å². The number of hydrogen-bond donors (Lipinski definition) is 1. The molecular formula is C29H45NO3. The summed E-state index contributed by atoms with van der Waals surface area (Å²) in [4.78, 5) is 14.9. The number of likely N-dealkylation sites (tertiary alicyclic amines) is 1. The molecule has 5 fully saturated rings. The number of aliphatic hydroxyl groups is 1. The SMILES string of the molecule is CC(=O)N1C[C@H](C)CC[C@]12O[C@@H]1C[C@@H]3[C@H]4CC=C5C[C@H](O)CC[C@]5(C)[C@@H]4CC[C@]3(C)[C@@H]1[C@H]2C. The summed E-state index contributed by atoms with van der Waals surface area (Å²) < 4.78 is 7.09. The summed E-state index contributed by atoms with van der Waals surface area (Å²) in [6, 6.07) is 0. The number of carbonyl (C=O) groups excluding carboxylic acids is 1. The molecule has 0 radical (unpaired) electrons. The molecule has 0 aromatic carbocycles. The molecule has 11 atom stereocenters. The Balaban J connectivity index is 1.30. The summed E-state index contributed by atoms with van der Waals surface area (Å²) in [7, 11) is 0. The van der Waals surface area contributed by atoms with E-state index in [2.05, 4.69) is 38.7 Å². The lowest BCUT2D eigenvalue weighted by Crippen LogP contribution is -2.60. The van der Waals surface area contributed by atoms with E-state index in [9.17, 15) is 9.90 Å². The van der Waals surface area contributed by atoms with Gasteiger partial charge in [0.25, 0.3) is 0 Å². The van der Waals surface area contributed by atoms with E-state index in [1.807, 2.05) is 0 Å². The third-order valence-corrected chi connectivity index (χ3v) is 12.1. The van der Waals surface area contributed by atoms with Gasteiger partial charge in [-0.2, -0.15) is 0 Å². The van der Waals surface area contributed by atoms with Crippen LogP contribution in [0.3, 0.4) is 0 Å². The minimum Gasteiger partial charge on any atom is -0.393 e. The van der Waals surface area contributed by atoms with Crippen LogP contribution in [0.5, 0.6) is 0 Å². The Bertz CT molecular complexity index is 869. The second-order valence-corrected chi connectivity index (χ2v) is 13.5. The van der Waals surface area contributed by atoms with Gasteiger partial charge >= 0.3 is 0 Å². The molecule has 4 nitrogen and oxygen atoms in total. The highest BCUT2D eigenvalue weighted by atomic mass is 16.5. The van der Waals surface area contributed by atoms with Crippen molar-refractivity contribution >= 4 is 5.91 Å². The number of piperidine rings is 1. The van der Waals surface area contributed by atoms with Gasteiger partial charge in [0.1, 0.15) is 5.72 Å². The Kier molecular flexibility index (Phi) is 5.01. The van der Waals surface area contributed by atoms with Crippen LogP contribution in [0.25, 0.3) is 0 Å². The minimum absolute atomic E-state index is 0.131. The van der Waals surface area contributed by atoms with Crippen molar-refractivity contribution in [2.24, 2.45) is 46.3 Å². The summed E-state index contributed by atoms with van der Waals surface area (Å²) >= 11 is 0. The molecule has 1 N–H and O–H groups in total. The van der Waals surface area contributed by atoms with Crippen molar-refractivity contribution < 1.29 is 14.6 Å². The van der Waals surface area contributed by atoms with Gasteiger partial charge in [-0.3, -0.25) is 4.79 Å². The summed E-state index contributed by atoms with van der Waals surface area (Å²) in [5.41, 5.74) is 1.79. The van der Waals surface area contributed by atoms with Gasteiger partial charge in [-0.25, -0.2) is 0 Å². The van der Waals surface area contributed by atoms with E-state index in [1.54, 1.807) is 12.5 Å². The number of carbonyl (C=O) groups is 1. The topological polar surface area (TPSA) is 49.8 Å². The number of amides is 1. The molecule has 6 aliphatic rings. The first-order valence-electron chi connectivity index (χ1n) is 13.9. The Hall–Kier alpha value is -0.870. The molecule has 3 saturated carbocycles. The van der Waals surface area contributed by atoms with Crippen molar-refractivity contribution in [2.75, 3.05) is 6.54 Å². The Labute approximate surface area is 200 Å². The van der Waals surface area contributed by atoms with E-state index in [4.69, 9.17) is 4.74 Å². The molecule has 0 aromatic heterocycles.